The first-order chi connectivity index (χ1) is 11.5. The zero-order chi connectivity index (χ0) is 17.3. The largest absolute Gasteiger partial charge is 0.364 e. The zero-order valence-corrected chi connectivity index (χ0v) is 14.1. The van der Waals surface area contributed by atoms with Crippen LogP contribution in [0.4, 0.5) is 0 Å². The second-order valence-corrected chi connectivity index (χ2v) is 6.30. The van der Waals surface area contributed by atoms with E-state index < -0.39 is 11.5 Å². The molecule has 1 N–H and O–H groups in total. The van der Waals surface area contributed by atoms with Gasteiger partial charge in [-0.25, -0.2) is 9.97 Å². The van der Waals surface area contributed by atoms with Gasteiger partial charge in [0.15, 0.2) is 5.82 Å². The van der Waals surface area contributed by atoms with Crippen LogP contribution in [-0.2, 0) is 0 Å². The molecule has 0 radical (unpaired) electrons. The fourth-order valence-corrected chi connectivity index (χ4v) is 2.75. The van der Waals surface area contributed by atoms with Gasteiger partial charge in [0.1, 0.15) is 23.2 Å². The first-order valence-electron chi connectivity index (χ1n) is 7.16. The molecule has 1 amide bonds. The highest BCUT2D eigenvalue weighted by molar-refractivity contribution is 7.09. The van der Waals surface area contributed by atoms with Crippen LogP contribution in [0.25, 0.3) is 11.5 Å². The number of amides is 1. The number of aromatic nitrogens is 4. The van der Waals surface area contributed by atoms with Gasteiger partial charge in [-0.1, -0.05) is 5.16 Å². The molecule has 0 aromatic carbocycles. The van der Waals surface area contributed by atoms with Crippen LogP contribution in [0, 0.1) is 6.92 Å². The Bertz CT molecular complexity index is 915. The molecule has 1 unspecified atom stereocenters. The van der Waals surface area contributed by atoms with Gasteiger partial charge in [0.05, 0.1) is 11.0 Å². The van der Waals surface area contributed by atoms with Crippen molar-refractivity contribution in [1.82, 2.24) is 25.0 Å². The Morgan fingerprint density at radius 3 is 2.83 bits per heavy atom. The van der Waals surface area contributed by atoms with Gasteiger partial charge in [-0.05, 0) is 13.8 Å². The van der Waals surface area contributed by atoms with Crippen LogP contribution >= 0.6 is 11.3 Å². The minimum atomic E-state index is -0.505. The molecule has 0 spiro atoms. The van der Waals surface area contributed by atoms with E-state index in [2.05, 4.69) is 20.1 Å². The number of thiazole rings is 1. The summed E-state index contributed by atoms with van der Waals surface area (Å²) >= 11 is 1.46. The molecule has 0 aliphatic heterocycles. The summed E-state index contributed by atoms with van der Waals surface area (Å²) in [4.78, 5) is 37.3. The topological polar surface area (TPSA) is 105 Å². The third-order valence-corrected chi connectivity index (χ3v) is 4.45. The average Bonchev–Trinajstić information content (AvgIpc) is 3.24. The van der Waals surface area contributed by atoms with Crippen molar-refractivity contribution in [1.29, 1.82) is 0 Å². The van der Waals surface area contributed by atoms with E-state index in [1.54, 1.807) is 25.4 Å². The van der Waals surface area contributed by atoms with E-state index in [1.165, 1.54) is 28.7 Å². The lowest BCUT2D eigenvalue weighted by molar-refractivity contribution is 0.0735. The highest BCUT2D eigenvalue weighted by Crippen LogP contribution is 2.19. The van der Waals surface area contributed by atoms with Gasteiger partial charge in [-0.15, -0.1) is 11.3 Å². The SMILES string of the molecule is Cc1nc(-c2ncc(C(=O)N(C)C(C)c3ccon3)c(=O)[nH]2)cs1. The van der Waals surface area contributed by atoms with Crippen molar-refractivity contribution >= 4 is 17.2 Å². The lowest BCUT2D eigenvalue weighted by Gasteiger charge is -2.22. The molecule has 3 heterocycles. The molecule has 9 heteroatoms. The number of aromatic amines is 1. The summed E-state index contributed by atoms with van der Waals surface area (Å²) in [6, 6.07) is 1.33. The standard InChI is InChI=1S/C15H15N5O3S/c1-8(11-4-5-23-19-11)20(3)15(22)10-6-16-13(18-14(10)21)12-7-24-9(2)17-12/h4-8H,1-3H3,(H,16,18,21). The van der Waals surface area contributed by atoms with E-state index in [9.17, 15) is 9.59 Å². The minimum Gasteiger partial charge on any atom is -0.364 e. The average molecular weight is 345 g/mol. The monoisotopic (exact) mass is 345 g/mol. The summed E-state index contributed by atoms with van der Waals surface area (Å²) in [7, 11) is 1.60. The summed E-state index contributed by atoms with van der Waals surface area (Å²) in [6.45, 7) is 3.66. The predicted molar refractivity (Wildman–Crippen MR) is 87.7 cm³/mol. The van der Waals surface area contributed by atoms with Crippen LogP contribution in [0.1, 0.15) is 34.0 Å². The number of nitrogens with zero attached hydrogens (tertiary/aromatic N) is 4. The molecule has 24 heavy (non-hydrogen) atoms. The molecule has 124 valence electrons. The van der Waals surface area contributed by atoms with Crippen LogP contribution in [-0.4, -0.2) is 38.0 Å². The number of hydrogen-bond donors (Lipinski definition) is 1. The summed E-state index contributed by atoms with van der Waals surface area (Å²) in [6.07, 6.45) is 2.71. The Balaban J connectivity index is 1.86. The van der Waals surface area contributed by atoms with E-state index in [0.29, 0.717) is 17.2 Å². The number of hydrogen-bond acceptors (Lipinski definition) is 7. The molecule has 0 aliphatic carbocycles. The maximum atomic E-state index is 12.5. The third-order valence-electron chi connectivity index (χ3n) is 3.68. The number of carbonyl (C=O) groups is 1. The molecule has 0 fully saturated rings. The lowest BCUT2D eigenvalue weighted by Crippen LogP contribution is -2.34. The molecule has 0 saturated carbocycles. The number of rotatable bonds is 4. The summed E-state index contributed by atoms with van der Waals surface area (Å²) < 4.78 is 4.79. The number of H-pyrrole nitrogens is 1. The molecule has 3 rings (SSSR count). The van der Waals surface area contributed by atoms with Crippen molar-refractivity contribution in [2.45, 2.75) is 19.9 Å². The second kappa shape index (κ2) is 6.36. The fraction of sp³-hybridized carbons (Fsp3) is 0.267. The zero-order valence-electron chi connectivity index (χ0n) is 13.3. The summed E-state index contributed by atoms with van der Waals surface area (Å²) in [5.41, 5.74) is 0.640. The quantitative estimate of drug-likeness (QED) is 0.775. The third kappa shape index (κ3) is 2.98. The first kappa shape index (κ1) is 16.1. The van der Waals surface area contributed by atoms with Crippen molar-refractivity contribution in [3.63, 3.8) is 0 Å². The van der Waals surface area contributed by atoms with Crippen LogP contribution < -0.4 is 5.56 Å². The van der Waals surface area contributed by atoms with Gasteiger partial charge in [0.2, 0.25) is 0 Å². The lowest BCUT2D eigenvalue weighted by atomic mass is 10.2. The van der Waals surface area contributed by atoms with Gasteiger partial charge >= 0.3 is 0 Å². The number of nitrogens with one attached hydrogen (secondary N) is 1. The van der Waals surface area contributed by atoms with Gasteiger partial charge in [0.25, 0.3) is 11.5 Å². The Morgan fingerprint density at radius 2 is 2.25 bits per heavy atom. The molecule has 8 nitrogen and oxygen atoms in total. The van der Waals surface area contributed by atoms with E-state index in [0.717, 1.165) is 5.01 Å². The molecule has 1 atom stereocenters. The smallest absolute Gasteiger partial charge is 0.264 e. The highest BCUT2D eigenvalue weighted by atomic mass is 32.1. The van der Waals surface area contributed by atoms with E-state index in [-0.39, 0.29) is 11.6 Å². The minimum absolute atomic E-state index is 0.0384. The maximum absolute atomic E-state index is 12.5. The molecule has 0 bridgehead atoms. The molecule has 0 aliphatic rings. The van der Waals surface area contributed by atoms with Crippen molar-refractivity contribution in [2.75, 3.05) is 7.05 Å². The van der Waals surface area contributed by atoms with Crippen LogP contribution in [0.5, 0.6) is 0 Å². The highest BCUT2D eigenvalue weighted by Gasteiger charge is 2.23. The van der Waals surface area contributed by atoms with Gasteiger partial charge in [-0.2, -0.15) is 0 Å². The van der Waals surface area contributed by atoms with Crippen molar-refractivity contribution in [2.24, 2.45) is 0 Å². The Labute approximate surface area is 141 Å². The fourth-order valence-electron chi connectivity index (χ4n) is 2.15. The Kier molecular flexibility index (Phi) is 4.26. The Morgan fingerprint density at radius 1 is 1.46 bits per heavy atom. The Hall–Kier alpha value is -2.81. The van der Waals surface area contributed by atoms with Gasteiger partial charge in [-0.3, -0.25) is 9.59 Å². The molecular formula is C15H15N5O3S. The molecular weight excluding hydrogens is 330 g/mol. The first-order valence-corrected chi connectivity index (χ1v) is 8.04. The normalized spacial score (nSPS) is 12.1. The van der Waals surface area contributed by atoms with Crippen molar-refractivity contribution in [3.8, 4) is 11.5 Å². The van der Waals surface area contributed by atoms with Gasteiger partial charge < -0.3 is 14.4 Å². The molecule has 0 saturated heterocycles. The van der Waals surface area contributed by atoms with E-state index >= 15 is 0 Å². The summed E-state index contributed by atoms with van der Waals surface area (Å²) in [5.74, 6) is -0.103. The van der Waals surface area contributed by atoms with Gasteiger partial charge in [0, 0.05) is 24.7 Å². The predicted octanol–water partition coefficient (Wildman–Crippen LogP) is 2.02. The van der Waals surface area contributed by atoms with Crippen molar-refractivity contribution in [3.05, 3.63) is 50.5 Å². The molecule has 3 aromatic heterocycles. The van der Waals surface area contributed by atoms with Crippen molar-refractivity contribution < 1.29 is 9.32 Å². The van der Waals surface area contributed by atoms with Crippen LogP contribution in [0.2, 0.25) is 0 Å². The number of aryl methyl sites for hydroxylation is 1. The summed E-state index contributed by atoms with van der Waals surface area (Å²) in [5, 5.41) is 6.48. The number of carbonyl (C=O) groups excluding carboxylic acids is 1. The molecule has 3 aromatic rings. The maximum Gasteiger partial charge on any atom is 0.264 e. The van der Waals surface area contributed by atoms with Crippen LogP contribution in [0.15, 0.2) is 33.2 Å². The second-order valence-electron chi connectivity index (χ2n) is 5.24. The van der Waals surface area contributed by atoms with E-state index in [4.69, 9.17) is 4.52 Å². The van der Waals surface area contributed by atoms with Crippen LogP contribution in [0.3, 0.4) is 0 Å². The van der Waals surface area contributed by atoms with E-state index in [1.807, 2.05) is 6.92 Å².